The van der Waals surface area contributed by atoms with E-state index in [0.717, 1.165) is 23.1 Å². The number of ether oxygens (including phenoxy) is 3. The first kappa shape index (κ1) is 23.3. The van der Waals surface area contributed by atoms with E-state index in [9.17, 15) is 14.4 Å². The molecule has 1 saturated heterocycles. The van der Waals surface area contributed by atoms with Gasteiger partial charge in [0.1, 0.15) is 6.04 Å². The summed E-state index contributed by atoms with van der Waals surface area (Å²) in [6.45, 7) is 7.76. The third-order valence-corrected chi connectivity index (χ3v) is 5.75. The fourth-order valence-corrected chi connectivity index (χ4v) is 4.04. The van der Waals surface area contributed by atoms with Gasteiger partial charge in [0.25, 0.3) is 11.1 Å². The zero-order valence-electron chi connectivity index (χ0n) is 17.0. The molecule has 2 atom stereocenters. The van der Waals surface area contributed by atoms with Crippen LogP contribution in [-0.4, -0.2) is 47.9 Å². The molecule has 1 heterocycles. The topological polar surface area (TPSA) is 82.1 Å². The fourth-order valence-electron chi connectivity index (χ4n) is 2.57. The minimum atomic E-state index is -0.990. The van der Waals surface area contributed by atoms with Gasteiger partial charge in [0.15, 0.2) is 11.5 Å². The SMILES string of the molecule is CCOc1cc(/C=C2/SC(=O)N([C@@H](C)C(=O)OC)C2=O)cc(Br)c1O[C@H](C)CC. The summed E-state index contributed by atoms with van der Waals surface area (Å²) in [6, 6.07) is 2.55. The molecule has 1 aliphatic heterocycles. The van der Waals surface area contributed by atoms with Gasteiger partial charge in [0.2, 0.25) is 0 Å². The number of rotatable bonds is 8. The number of hydrogen-bond acceptors (Lipinski definition) is 7. The molecule has 0 aromatic heterocycles. The van der Waals surface area contributed by atoms with Gasteiger partial charge in [0, 0.05) is 0 Å². The number of methoxy groups -OCH3 is 1. The van der Waals surface area contributed by atoms with Gasteiger partial charge in [-0.15, -0.1) is 0 Å². The van der Waals surface area contributed by atoms with Crippen LogP contribution in [0.5, 0.6) is 11.5 Å². The van der Waals surface area contributed by atoms with Gasteiger partial charge in [-0.3, -0.25) is 14.5 Å². The number of carbonyl (C=O) groups is 3. The quantitative estimate of drug-likeness (QED) is 0.392. The number of benzene rings is 1. The predicted molar refractivity (Wildman–Crippen MR) is 115 cm³/mol. The highest BCUT2D eigenvalue weighted by atomic mass is 79.9. The minimum absolute atomic E-state index is 0.00710. The number of thioether (sulfide) groups is 1. The molecule has 0 unspecified atom stereocenters. The smallest absolute Gasteiger partial charge is 0.328 e. The van der Waals surface area contributed by atoms with E-state index in [1.807, 2.05) is 20.8 Å². The van der Waals surface area contributed by atoms with E-state index in [4.69, 9.17) is 9.47 Å². The van der Waals surface area contributed by atoms with Crippen LogP contribution in [0.25, 0.3) is 6.08 Å². The van der Waals surface area contributed by atoms with Crippen molar-refractivity contribution in [2.45, 2.75) is 46.3 Å². The maximum atomic E-state index is 12.7. The van der Waals surface area contributed by atoms with Gasteiger partial charge < -0.3 is 14.2 Å². The Hall–Kier alpha value is -2.00. The van der Waals surface area contributed by atoms with Crippen molar-refractivity contribution < 1.29 is 28.6 Å². The van der Waals surface area contributed by atoms with Crippen LogP contribution in [0.3, 0.4) is 0 Å². The molecule has 1 aliphatic rings. The first-order valence-electron chi connectivity index (χ1n) is 9.21. The second kappa shape index (κ2) is 10.2. The van der Waals surface area contributed by atoms with Crippen molar-refractivity contribution in [1.29, 1.82) is 0 Å². The molecule has 0 N–H and O–H groups in total. The van der Waals surface area contributed by atoms with Crippen molar-refractivity contribution in [3.63, 3.8) is 0 Å². The number of imide groups is 1. The molecule has 0 saturated carbocycles. The van der Waals surface area contributed by atoms with Crippen LogP contribution in [-0.2, 0) is 14.3 Å². The lowest BCUT2D eigenvalue weighted by Crippen LogP contribution is -2.42. The zero-order chi connectivity index (χ0) is 21.7. The molecule has 29 heavy (non-hydrogen) atoms. The van der Waals surface area contributed by atoms with E-state index < -0.39 is 23.2 Å². The lowest BCUT2D eigenvalue weighted by atomic mass is 10.1. The summed E-state index contributed by atoms with van der Waals surface area (Å²) in [4.78, 5) is 37.8. The number of amides is 2. The number of carbonyl (C=O) groups excluding carboxylic acids is 3. The molecule has 2 amide bonds. The third kappa shape index (κ3) is 5.33. The van der Waals surface area contributed by atoms with Crippen LogP contribution in [0.15, 0.2) is 21.5 Å². The third-order valence-electron chi connectivity index (χ3n) is 4.28. The summed E-state index contributed by atoms with van der Waals surface area (Å²) in [5.41, 5.74) is 0.660. The summed E-state index contributed by atoms with van der Waals surface area (Å²) >= 11 is 4.28. The number of halogens is 1. The zero-order valence-corrected chi connectivity index (χ0v) is 19.4. The number of esters is 1. The molecule has 1 aromatic carbocycles. The highest BCUT2D eigenvalue weighted by Crippen LogP contribution is 2.40. The molecule has 0 radical (unpaired) electrons. The van der Waals surface area contributed by atoms with Crippen molar-refractivity contribution in [3.05, 3.63) is 27.1 Å². The Labute approximate surface area is 182 Å². The minimum Gasteiger partial charge on any atom is -0.490 e. The average molecular weight is 486 g/mol. The second-order valence-corrected chi connectivity index (χ2v) is 8.20. The van der Waals surface area contributed by atoms with Crippen molar-refractivity contribution >= 4 is 50.9 Å². The highest BCUT2D eigenvalue weighted by molar-refractivity contribution is 9.10. The molecule has 0 spiro atoms. The van der Waals surface area contributed by atoms with Crippen LogP contribution >= 0.6 is 27.7 Å². The maximum Gasteiger partial charge on any atom is 0.328 e. The van der Waals surface area contributed by atoms with Crippen molar-refractivity contribution in [3.8, 4) is 11.5 Å². The molecular formula is C20H24BrNO6S. The number of nitrogens with zero attached hydrogens (tertiary/aromatic N) is 1. The van der Waals surface area contributed by atoms with Crippen LogP contribution in [0.1, 0.15) is 39.7 Å². The van der Waals surface area contributed by atoms with E-state index >= 15 is 0 Å². The van der Waals surface area contributed by atoms with Crippen LogP contribution in [0, 0.1) is 0 Å². The van der Waals surface area contributed by atoms with Gasteiger partial charge in [0.05, 0.1) is 29.2 Å². The molecular weight excluding hydrogens is 462 g/mol. The standard InChI is InChI=1S/C20H24BrNO6S/c1-6-11(3)28-17-14(21)8-13(9-15(17)27-7-2)10-16-18(23)22(20(25)29-16)12(4)19(24)26-5/h8-12H,6-7H2,1-5H3/b16-10+/t11-,12+/m1/s1. The normalized spacial score (nSPS) is 17.4. The van der Waals surface area contributed by atoms with Crippen molar-refractivity contribution in [2.24, 2.45) is 0 Å². The molecule has 2 rings (SSSR count). The molecule has 0 aliphatic carbocycles. The van der Waals surface area contributed by atoms with Gasteiger partial charge in [-0.05, 0) is 78.7 Å². The predicted octanol–water partition coefficient (Wildman–Crippen LogP) is 4.62. The van der Waals surface area contributed by atoms with E-state index in [1.54, 1.807) is 18.2 Å². The Kier molecular flexibility index (Phi) is 8.15. The lowest BCUT2D eigenvalue weighted by Gasteiger charge is -2.19. The van der Waals surface area contributed by atoms with Crippen LogP contribution < -0.4 is 9.47 Å². The first-order chi connectivity index (χ1) is 13.7. The Morgan fingerprint density at radius 3 is 2.55 bits per heavy atom. The number of hydrogen-bond donors (Lipinski definition) is 0. The Morgan fingerprint density at radius 2 is 1.97 bits per heavy atom. The van der Waals surface area contributed by atoms with E-state index in [1.165, 1.54) is 14.0 Å². The molecule has 0 bridgehead atoms. The Bertz CT molecular complexity index is 841. The van der Waals surface area contributed by atoms with Crippen molar-refractivity contribution in [2.75, 3.05) is 13.7 Å². The first-order valence-corrected chi connectivity index (χ1v) is 10.8. The van der Waals surface area contributed by atoms with Crippen LogP contribution in [0.4, 0.5) is 4.79 Å². The van der Waals surface area contributed by atoms with E-state index in [-0.39, 0.29) is 11.0 Å². The molecule has 9 heteroatoms. The molecule has 158 valence electrons. The Balaban J connectivity index is 2.37. The lowest BCUT2D eigenvalue weighted by molar-refractivity contribution is -0.148. The summed E-state index contributed by atoms with van der Waals surface area (Å²) in [7, 11) is 1.21. The van der Waals surface area contributed by atoms with Gasteiger partial charge in [-0.25, -0.2) is 4.79 Å². The molecule has 7 nitrogen and oxygen atoms in total. The fraction of sp³-hybridized carbons (Fsp3) is 0.450. The largest absolute Gasteiger partial charge is 0.490 e. The van der Waals surface area contributed by atoms with Gasteiger partial charge in [-0.1, -0.05) is 6.92 Å². The van der Waals surface area contributed by atoms with Crippen molar-refractivity contribution in [1.82, 2.24) is 4.90 Å². The van der Waals surface area contributed by atoms with Gasteiger partial charge in [-0.2, -0.15) is 0 Å². The molecule has 1 aromatic rings. The van der Waals surface area contributed by atoms with E-state index in [0.29, 0.717) is 28.1 Å². The van der Waals surface area contributed by atoms with Gasteiger partial charge >= 0.3 is 5.97 Å². The monoisotopic (exact) mass is 485 g/mol. The van der Waals surface area contributed by atoms with E-state index in [2.05, 4.69) is 20.7 Å². The second-order valence-electron chi connectivity index (χ2n) is 6.35. The summed E-state index contributed by atoms with van der Waals surface area (Å²) in [6.07, 6.45) is 2.44. The summed E-state index contributed by atoms with van der Waals surface area (Å²) in [5, 5.41) is -0.514. The summed E-state index contributed by atoms with van der Waals surface area (Å²) < 4.78 is 17.0. The highest BCUT2D eigenvalue weighted by Gasteiger charge is 2.41. The maximum absolute atomic E-state index is 12.7. The van der Waals surface area contributed by atoms with Crippen LogP contribution in [0.2, 0.25) is 0 Å². The molecule has 1 fully saturated rings. The Morgan fingerprint density at radius 1 is 1.28 bits per heavy atom. The average Bonchev–Trinajstić information content (AvgIpc) is 2.96. The summed E-state index contributed by atoms with van der Waals surface area (Å²) in [5.74, 6) is -0.0604.